The molecule has 0 saturated carbocycles. The fourth-order valence-corrected chi connectivity index (χ4v) is 4.23. The van der Waals surface area contributed by atoms with Crippen LogP contribution < -0.4 is 5.32 Å². The van der Waals surface area contributed by atoms with E-state index in [1.807, 2.05) is 12.3 Å². The lowest BCUT2D eigenvalue weighted by Crippen LogP contribution is -2.32. The second-order valence-electron chi connectivity index (χ2n) is 6.97. The average Bonchev–Trinajstić information content (AvgIpc) is 3.30. The number of likely N-dealkylation sites (tertiary alicyclic amines) is 1. The maximum atomic E-state index is 4.94. The van der Waals surface area contributed by atoms with Crippen molar-refractivity contribution in [1.29, 1.82) is 0 Å². The zero-order chi connectivity index (χ0) is 15.6. The van der Waals surface area contributed by atoms with E-state index in [0.717, 1.165) is 43.8 Å². The molecular formula is C18H27N5. The van der Waals surface area contributed by atoms with Gasteiger partial charge in [-0.25, -0.2) is 9.97 Å². The highest BCUT2D eigenvalue weighted by Gasteiger charge is 2.26. The first-order chi connectivity index (χ1) is 11.3. The van der Waals surface area contributed by atoms with Gasteiger partial charge in [0.05, 0.1) is 0 Å². The van der Waals surface area contributed by atoms with Crippen LogP contribution in [0.3, 0.4) is 0 Å². The lowest BCUT2D eigenvalue weighted by Gasteiger charge is -2.23. The van der Waals surface area contributed by atoms with Crippen molar-refractivity contribution >= 4 is 11.2 Å². The summed E-state index contributed by atoms with van der Waals surface area (Å²) in [5, 5.41) is 3.48. The number of hydrogen-bond acceptors (Lipinski definition) is 4. The van der Waals surface area contributed by atoms with Gasteiger partial charge in [0.2, 0.25) is 0 Å². The van der Waals surface area contributed by atoms with Gasteiger partial charge >= 0.3 is 0 Å². The fourth-order valence-electron chi connectivity index (χ4n) is 4.23. The number of nitrogens with one attached hydrogen (secondary N) is 1. The molecule has 124 valence electrons. The van der Waals surface area contributed by atoms with Crippen molar-refractivity contribution in [1.82, 2.24) is 24.8 Å². The van der Waals surface area contributed by atoms with E-state index in [9.17, 15) is 0 Å². The Hall–Kier alpha value is -1.46. The third-order valence-electron chi connectivity index (χ3n) is 5.51. The minimum absolute atomic E-state index is 0.650. The van der Waals surface area contributed by atoms with Crippen molar-refractivity contribution in [2.24, 2.45) is 5.92 Å². The molecule has 0 aliphatic carbocycles. The number of pyridine rings is 1. The van der Waals surface area contributed by atoms with E-state index in [2.05, 4.69) is 32.8 Å². The van der Waals surface area contributed by atoms with Crippen molar-refractivity contribution in [2.75, 3.05) is 26.2 Å². The van der Waals surface area contributed by atoms with Crippen molar-refractivity contribution in [3.05, 3.63) is 24.2 Å². The molecule has 23 heavy (non-hydrogen) atoms. The second kappa shape index (κ2) is 6.57. The molecule has 5 heteroatoms. The predicted molar refractivity (Wildman–Crippen MR) is 92.5 cm³/mol. The van der Waals surface area contributed by atoms with Crippen LogP contribution in [0, 0.1) is 5.92 Å². The average molecular weight is 313 g/mol. The Morgan fingerprint density at radius 3 is 3.13 bits per heavy atom. The number of fused-ring (bicyclic) bond motifs is 1. The van der Waals surface area contributed by atoms with Crippen LogP contribution in [-0.2, 0) is 13.0 Å². The summed E-state index contributed by atoms with van der Waals surface area (Å²) < 4.78 is 2.40. The first kappa shape index (κ1) is 15.1. The SMILES string of the molecule is CCN1CCCC1Cc1nc2cccnc2n1CC1CCNC1. The highest BCUT2D eigenvalue weighted by Crippen LogP contribution is 2.24. The van der Waals surface area contributed by atoms with Gasteiger partial charge in [-0.1, -0.05) is 6.92 Å². The van der Waals surface area contributed by atoms with Gasteiger partial charge in [0.1, 0.15) is 11.3 Å². The minimum atomic E-state index is 0.650. The molecule has 5 nitrogen and oxygen atoms in total. The topological polar surface area (TPSA) is 46.0 Å². The molecule has 0 amide bonds. The van der Waals surface area contributed by atoms with E-state index in [0.29, 0.717) is 12.0 Å². The quantitative estimate of drug-likeness (QED) is 0.918. The van der Waals surface area contributed by atoms with Crippen molar-refractivity contribution in [3.63, 3.8) is 0 Å². The summed E-state index contributed by atoms with van der Waals surface area (Å²) in [6, 6.07) is 4.74. The summed E-state index contributed by atoms with van der Waals surface area (Å²) in [5.74, 6) is 1.94. The number of likely N-dealkylation sites (N-methyl/N-ethyl adjacent to an activating group) is 1. The van der Waals surface area contributed by atoms with Crippen LogP contribution >= 0.6 is 0 Å². The molecule has 2 fully saturated rings. The predicted octanol–water partition coefficient (Wildman–Crippen LogP) is 2.07. The standard InChI is InChI=1S/C18H27N5/c1-2-22-10-4-5-15(22)11-17-21-16-6-3-8-20-18(16)23(17)13-14-7-9-19-12-14/h3,6,8,14-15,19H,2,4-5,7,9-13H2,1H3. The summed E-state index contributed by atoms with van der Waals surface area (Å²) in [6.45, 7) is 7.98. The van der Waals surface area contributed by atoms with Crippen molar-refractivity contribution in [2.45, 2.75) is 45.2 Å². The van der Waals surface area contributed by atoms with Gasteiger partial charge in [0.15, 0.2) is 5.65 Å². The lowest BCUT2D eigenvalue weighted by atomic mass is 10.1. The number of aromatic nitrogens is 3. The van der Waals surface area contributed by atoms with E-state index in [1.165, 1.54) is 31.6 Å². The van der Waals surface area contributed by atoms with Gasteiger partial charge in [0, 0.05) is 25.2 Å². The summed E-state index contributed by atoms with van der Waals surface area (Å²) in [5.41, 5.74) is 2.12. The molecule has 2 aliphatic rings. The van der Waals surface area contributed by atoms with Crippen LogP contribution in [0.1, 0.15) is 32.0 Å². The maximum absolute atomic E-state index is 4.94. The molecule has 2 unspecified atom stereocenters. The maximum Gasteiger partial charge on any atom is 0.159 e. The highest BCUT2D eigenvalue weighted by atomic mass is 15.2. The first-order valence-corrected chi connectivity index (χ1v) is 9.10. The van der Waals surface area contributed by atoms with Gasteiger partial charge in [-0.15, -0.1) is 0 Å². The summed E-state index contributed by atoms with van der Waals surface area (Å²) in [6.07, 6.45) is 6.84. The van der Waals surface area contributed by atoms with Crippen LogP contribution in [0.25, 0.3) is 11.2 Å². The smallest absolute Gasteiger partial charge is 0.159 e. The van der Waals surface area contributed by atoms with Gasteiger partial charge in [-0.05, 0) is 63.5 Å². The molecule has 4 rings (SSSR count). The highest BCUT2D eigenvalue weighted by molar-refractivity contribution is 5.71. The third kappa shape index (κ3) is 3.00. The molecule has 0 bridgehead atoms. The Morgan fingerprint density at radius 2 is 2.30 bits per heavy atom. The van der Waals surface area contributed by atoms with Crippen LogP contribution in [0.15, 0.2) is 18.3 Å². The van der Waals surface area contributed by atoms with E-state index >= 15 is 0 Å². The minimum Gasteiger partial charge on any atom is -0.316 e. The molecular weight excluding hydrogens is 286 g/mol. The first-order valence-electron chi connectivity index (χ1n) is 9.10. The van der Waals surface area contributed by atoms with E-state index in [1.54, 1.807) is 0 Å². The van der Waals surface area contributed by atoms with Crippen LogP contribution in [0.2, 0.25) is 0 Å². The number of imidazole rings is 1. The van der Waals surface area contributed by atoms with Gasteiger partial charge < -0.3 is 14.8 Å². The van der Waals surface area contributed by atoms with Gasteiger partial charge in [0.25, 0.3) is 0 Å². The molecule has 2 aliphatic heterocycles. The lowest BCUT2D eigenvalue weighted by molar-refractivity contribution is 0.261. The molecule has 0 spiro atoms. The molecule has 0 radical (unpaired) electrons. The summed E-state index contributed by atoms with van der Waals surface area (Å²) in [7, 11) is 0. The second-order valence-corrected chi connectivity index (χ2v) is 6.97. The van der Waals surface area contributed by atoms with Crippen molar-refractivity contribution < 1.29 is 0 Å². The van der Waals surface area contributed by atoms with Crippen LogP contribution in [0.5, 0.6) is 0 Å². The normalized spacial score (nSPS) is 25.6. The van der Waals surface area contributed by atoms with Crippen LogP contribution in [-0.4, -0.2) is 51.7 Å². The Balaban J connectivity index is 1.64. The largest absolute Gasteiger partial charge is 0.316 e. The summed E-state index contributed by atoms with van der Waals surface area (Å²) >= 11 is 0. The number of rotatable bonds is 5. The molecule has 2 atom stereocenters. The number of hydrogen-bond donors (Lipinski definition) is 1. The third-order valence-corrected chi connectivity index (χ3v) is 5.51. The number of nitrogens with zero attached hydrogens (tertiary/aromatic N) is 4. The van der Waals surface area contributed by atoms with E-state index < -0.39 is 0 Å². The molecule has 1 N–H and O–H groups in total. The van der Waals surface area contributed by atoms with E-state index in [-0.39, 0.29) is 0 Å². The molecule has 2 aromatic rings. The van der Waals surface area contributed by atoms with Gasteiger partial charge in [-0.3, -0.25) is 0 Å². The Bertz CT molecular complexity index is 658. The van der Waals surface area contributed by atoms with Crippen LogP contribution in [0.4, 0.5) is 0 Å². The Morgan fingerprint density at radius 1 is 1.35 bits per heavy atom. The monoisotopic (exact) mass is 313 g/mol. The zero-order valence-corrected chi connectivity index (χ0v) is 14.0. The Kier molecular flexibility index (Phi) is 4.31. The molecule has 0 aromatic carbocycles. The van der Waals surface area contributed by atoms with Gasteiger partial charge in [-0.2, -0.15) is 0 Å². The van der Waals surface area contributed by atoms with E-state index in [4.69, 9.17) is 4.98 Å². The molecule has 2 aromatic heterocycles. The zero-order valence-electron chi connectivity index (χ0n) is 14.0. The fraction of sp³-hybridized carbons (Fsp3) is 0.667. The van der Waals surface area contributed by atoms with Crippen molar-refractivity contribution in [3.8, 4) is 0 Å². The summed E-state index contributed by atoms with van der Waals surface area (Å²) in [4.78, 5) is 12.2. The molecule has 2 saturated heterocycles. The molecule has 4 heterocycles. The Labute approximate surface area is 138 Å².